The first-order valence-electron chi connectivity index (χ1n) is 10.7. The van der Waals surface area contributed by atoms with Crippen LogP contribution in [0.3, 0.4) is 0 Å². The van der Waals surface area contributed by atoms with E-state index in [-0.39, 0.29) is 23.4 Å². The number of rotatable bonds is 7. The highest BCUT2D eigenvalue weighted by molar-refractivity contribution is 5.75. The van der Waals surface area contributed by atoms with Crippen LogP contribution in [0.15, 0.2) is 71.5 Å². The zero-order valence-electron chi connectivity index (χ0n) is 18.1. The number of aromatic nitrogens is 2. The number of amides is 1. The van der Waals surface area contributed by atoms with Gasteiger partial charge >= 0.3 is 0 Å². The molecule has 0 radical (unpaired) electrons. The molecule has 2 heterocycles. The summed E-state index contributed by atoms with van der Waals surface area (Å²) in [6, 6.07) is 20.7. The van der Waals surface area contributed by atoms with E-state index in [1.165, 1.54) is 10.7 Å². The Bertz CT molecular complexity index is 1100. The lowest BCUT2D eigenvalue weighted by atomic mass is 9.74. The fourth-order valence-corrected chi connectivity index (χ4v) is 4.06. The van der Waals surface area contributed by atoms with Gasteiger partial charge in [-0.25, -0.2) is 4.68 Å². The number of benzene rings is 2. The van der Waals surface area contributed by atoms with E-state index in [2.05, 4.69) is 10.4 Å². The lowest BCUT2D eigenvalue weighted by Crippen LogP contribution is -2.46. The molecule has 1 amide bonds. The Morgan fingerprint density at radius 2 is 1.78 bits per heavy atom. The van der Waals surface area contributed by atoms with Gasteiger partial charge in [0.2, 0.25) is 5.91 Å². The SMILES string of the molecule is COc1ccc(C2(CNC(=O)Cn3nc(-c4ccccc4)ccc3=O)CCOCC2)cc1. The van der Waals surface area contributed by atoms with Gasteiger partial charge in [-0.05, 0) is 36.6 Å². The molecule has 0 aliphatic carbocycles. The molecule has 7 nitrogen and oxygen atoms in total. The first kappa shape index (κ1) is 21.8. The molecule has 3 aromatic rings. The normalized spacial score (nSPS) is 15.2. The highest BCUT2D eigenvalue weighted by Gasteiger charge is 2.35. The molecule has 1 aliphatic heterocycles. The van der Waals surface area contributed by atoms with Crippen molar-refractivity contribution in [2.24, 2.45) is 0 Å². The van der Waals surface area contributed by atoms with Gasteiger partial charge in [0.1, 0.15) is 12.3 Å². The van der Waals surface area contributed by atoms with E-state index in [1.807, 2.05) is 54.6 Å². The Labute approximate surface area is 187 Å². The maximum absolute atomic E-state index is 12.8. The predicted molar refractivity (Wildman–Crippen MR) is 122 cm³/mol. The monoisotopic (exact) mass is 433 g/mol. The van der Waals surface area contributed by atoms with Crippen LogP contribution in [0.25, 0.3) is 11.3 Å². The van der Waals surface area contributed by atoms with Crippen molar-refractivity contribution in [1.29, 1.82) is 0 Å². The van der Waals surface area contributed by atoms with E-state index < -0.39 is 0 Å². The molecule has 32 heavy (non-hydrogen) atoms. The number of carbonyl (C=O) groups is 1. The van der Waals surface area contributed by atoms with Gasteiger partial charge in [0.15, 0.2) is 0 Å². The molecule has 1 fully saturated rings. The highest BCUT2D eigenvalue weighted by atomic mass is 16.5. The van der Waals surface area contributed by atoms with Crippen molar-refractivity contribution in [3.8, 4) is 17.0 Å². The first-order chi connectivity index (χ1) is 15.6. The third kappa shape index (κ3) is 4.89. The molecule has 0 bridgehead atoms. The zero-order valence-corrected chi connectivity index (χ0v) is 18.1. The van der Waals surface area contributed by atoms with Crippen LogP contribution in [0.2, 0.25) is 0 Å². The van der Waals surface area contributed by atoms with Gasteiger partial charge in [0.05, 0.1) is 12.8 Å². The van der Waals surface area contributed by atoms with Gasteiger partial charge in [0, 0.05) is 36.8 Å². The van der Waals surface area contributed by atoms with Crippen LogP contribution in [0, 0.1) is 0 Å². The summed E-state index contributed by atoms with van der Waals surface area (Å²) >= 11 is 0. The summed E-state index contributed by atoms with van der Waals surface area (Å²) in [4.78, 5) is 25.0. The topological polar surface area (TPSA) is 82.5 Å². The van der Waals surface area contributed by atoms with Crippen LogP contribution < -0.4 is 15.6 Å². The lowest BCUT2D eigenvalue weighted by Gasteiger charge is -2.38. The predicted octanol–water partition coefficient (Wildman–Crippen LogP) is 2.78. The molecule has 0 spiro atoms. The molecular weight excluding hydrogens is 406 g/mol. The van der Waals surface area contributed by atoms with E-state index in [0.717, 1.165) is 29.7 Å². The molecule has 0 atom stereocenters. The number of carbonyl (C=O) groups excluding carboxylic acids is 1. The van der Waals surface area contributed by atoms with Crippen LogP contribution in [-0.4, -0.2) is 42.6 Å². The molecule has 0 unspecified atom stereocenters. The minimum Gasteiger partial charge on any atom is -0.497 e. The Kier molecular flexibility index (Phi) is 6.66. The summed E-state index contributed by atoms with van der Waals surface area (Å²) in [6.07, 6.45) is 1.61. The summed E-state index contributed by atoms with van der Waals surface area (Å²) in [5.41, 5.74) is 2.16. The Balaban J connectivity index is 1.48. The molecule has 166 valence electrons. The van der Waals surface area contributed by atoms with Crippen LogP contribution in [0.4, 0.5) is 0 Å². The molecule has 4 rings (SSSR count). The van der Waals surface area contributed by atoms with Gasteiger partial charge in [0.25, 0.3) is 5.56 Å². The van der Waals surface area contributed by atoms with E-state index in [1.54, 1.807) is 13.2 Å². The van der Waals surface area contributed by atoms with E-state index in [9.17, 15) is 9.59 Å². The molecule has 1 saturated heterocycles. The first-order valence-corrected chi connectivity index (χ1v) is 10.7. The van der Waals surface area contributed by atoms with Gasteiger partial charge in [-0.15, -0.1) is 0 Å². The van der Waals surface area contributed by atoms with Crippen molar-refractivity contribution in [1.82, 2.24) is 15.1 Å². The second-order valence-electron chi connectivity index (χ2n) is 7.98. The maximum Gasteiger partial charge on any atom is 0.267 e. The van der Waals surface area contributed by atoms with Crippen molar-refractivity contribution < 1.29 is 14.3 Å². The molecule has 1 aliphatic rings. The molecule has 0 saturated carbocycles. The number of nitrogens with zero attached hydrogens (tertiary/aromatic N) is 2. The molecular formula is C25H27N3O4. The number of methoxy groups -OCH3 is 1. The minimum atomic E-state index is -0.309. The van der Waals surface area contributed by atoms with E-state index in [0.29, 0.717) is 25.5 Å². The highest BCUT2D eigenvalue weighted by Crippen LogP contribution is 2.35. The lowest BCUT2D eigenvalue weighted by molar-refractivity contribution is -0.122. The molecule has 2 aromatic carbocycles. The van der Waals surface area contributed by atoms with Crippen molar-refractivity contribution in [3.05, 3.63) is 82.6 Å². The maximum atomic E-state index is 12.8. The third-order valence-electron chi connectivity index (χ3n) is 6.01. The van der Waals surface area contributed by atoms with E-state index in [4.69, 9.17) is 9.47 Å². The Morgan fingerprint density at radius 1 is 1.06 bits per heavy atom. The second-order valence-corrected chi connectivity index (χ2v) is 7.98. The summed E-state index contributed by atoms with van der Waals surface area (Å²) in [6.45, 7) is 1.62. The van der Waals surface area contributed by atoms with Crippen LogP contribution in [0.5, 0.6) is 5.75 Å². The molecule has 1 aromatic heterocycles. The minimum absolute atomic E-state index is 0.130. The molecule has 1 N–H and O–H groups in total. The number of hydrogen-bond acceptors (Lipinski definition) is 5. The van der Waals surface area contributed by atoms with Crippen molar-refractivity contribution in [2.45, 2.75) is 24.8 Å². The van der Waals surface area contributed by atoms with Crippen LogP contribution in [-0.2, 0) is 21.5 Å². The largest absolute Gasteiger partial charge is 0.497 e. The average molecular weight is 434 g/mol. The fourth-order valence-electron chi connectivity index (χ4n) is 4.06. The van der Waals surface area contributed by atoms with Crippen molar-refractivity contribution in [2.75, 3.05) is 26.9 Å². The number of ether oxygens (including phenoxy) is 2. The summed E-state index contributed by atoms with van der Waals surface area (Å²) in [7, 11) is 1.64. The Morgan fingerprint density at radius 3 is 2.47 bits per heavy atom. The number of hydrogen-bond donors (Lipinski definition) is 1. The third-order valence-corrected chi connectivity index (χ3v) is 6.01. The van der Waals surface area contributed by atoms with Crippen molar-refractivity contribution >= 4 is 5.91 Å². The van der Waals surface area contributed by atoms with Crippen LogP contribution in [0.1, 0.15) is 18.4 Å². The smallest absolute Gasteiger partial charge is 0.267 e. The quantitative estimate of drug-likeness (QED) is 0.620. The van der Waals surface area contributed by atoms with Crippen molar-refractivity contribution in [3.63, 3.8) is 0 Å². The van der Waals surface area contributed by atoms with Crippen LogP contribution >= 0.6 is 0 Å². The molecule has 7 heteroatoms. The Hall–Kier alpha value is -3.45. The summed E-state index contributed by atoms with van der Waals surface area (Å²) in [5, 5.41) is 7.41. The van der Waals surface area contributed by atoms with Gasteiger partial charge in [-0.1, -0.05) is 42.5 Å². The second kappa shape index (κ2) is 9.78. The average Bonchev–Trinajstić information content (AvgIpc) is 2.85. The summed E-state index contributed by atoms with van der Waals surface area (Å²) < 4.78 is 12.1. The van der Waals surface area contributed by atoms with Gasteiger partial charge in [-0.2, -0.15) is 5.10 Å². The fraction of sp³-hybridized carbons (Fsp3) is 0.320. The zero-order chi connectivity index (χ0) is 22.4. The summed E-state index contributed by atoms with van der Waals surface area (Å²) in [5.74, 6) is 0.549. The van der Waals surface area contributed by atoms with Gasteiger partial charge < -0.3 is 14.8 Å². The van der Waals surface area contributed by atoms with Gasteiger partial charge in [-0.3, -0.25) is 9.59 Å². The van der Waals surface area contributed by atoms with E-state index >= 15 is 0 Å². The number of nitrogens with one attached hydrogen (secondary N) is 1. The standard InChI is InChI=1S/C25H27N3O4/c1-31-21-9-7-20(8-10-21)25(13-15-32-16-14-25)18-26-23(29)17-28-24(30)12-11-22(27-28)19-5-3-2-4-6-19/h2-12H,13-18H2,1H3,(H,26,29).